The van der Waals surface area contributed by atoms with E-state index in [0.29, 0.717) is 4.44 Å². The van der Waals surface area contributed by atoms with E-state index >= 15 is 0 Å². The average Bonchev–Trinajstić information content (AvgIpc) is 2.65. The SMILES string of the molecule is Fc1cccc(F)c1C(CC[CH2][Sn])(c1c(F)cccc1F)c1c(F)cccc1F. The van der Waals surface area contributed by atoms with Crippen molar-refractivity contribution in [2.75, 3.05) is 0 Å². The Morgan fingerprint density at radius 1 is 0.552 bits per heavy atom. The van der Waals surface area contributed by atoms with E-state index in [1.807, 2.05) is 0 Å². The van der Waals surface area contributed by atoms with Crippen molar-refractivity contribution in [3.05, 3.63) is 106 Å². The molecule has 3 aromatic carbocycles. The zero-order chi connectivity index (χ0) is 21.2. The summed E-state index contributed by atoms with van der Waals surface area (Å²) in [6.07, 6.45) is -0.0423. The van der Waals surface area contributed by atoms with Crippen LogP contribution in [0.2, 0.25) is 4.44 Å². The molecule has 0 nitrogen and oxygen atoms in total. The van der Waals surface area contributed by atoms with Gasteiger partial charge in [-0.1, -0.05) is 0 Å². The molecule has 0 aliphatic carbocycles. The van der Waals surface area contributed by atoms with E-state index < -0.39 is 57.0 Å². The normalized spacial score (nSPS) is 11.7. The monoisotopic (exact) mass is 513 g/mol. The summed E-state index contributed by atoms with van der Waals surface area (Å²) in [6, 6.07) is 8.68. The first-order chi connectivity index (χ1) is 13.8. The van der Waals surface area contributed by atoms with Crippen molar-refractivity contribution in [3.63, 3.8) is 0 Å². The molecule has 3 rings (SSSR count). The summed E-state index contributed by atoms with van der Waals surface area (Å²) in [6.45, 7) is 0. The molecular formula is C22H15F6Sn. The van der Waals surface area contributed by atoms with Crippen LogP contribution in [0.15, 0.2) is 54.6 Å². The fraction of sp³-hybridized carbons (Fsp3) is 0.182. The maximum atomic E-state index is 14.9. The van der Waals surface area contributed by atoms with Crippen LogP contribution in [-0.4, -0.2) is 22.5 Å². The zero-order valence-electron chi connectivity index (χ0n) is 15.1. The van der Waals surface area contributed by atoms with Crippen molar-refractivity contribution in [2.24, 2.45) is 0 Å². The summed E-state index contributed by atoms with van der Waals surface area (Å²) in [5, 5.41) is 0. The molecule has 0 saturated carbocycles. The molecule has 0 atom stereocenters. The molecule has 0 bridgehead atoms. The Labute approximate surface area is 177 Å². The molecule has 0 saturated heterocycles. The van der Waals surface area contributed by atoms with Gasteiger partial charge < -0.3 is 0 Å². The van der Waals surface area contributed by atoms with Crippen molar-refractivity contribution in [1.29, 1.82) is 0 Å². The molecule has 7 heteroatoms. The van der Waals surface area contributed by atoms with Gasteiger partial charge in [-0.15, -0.1) is 0 Å². The molecule has 29 heavy (non-hydrogen) atoms. The third-order valence-electron chi connectivity index (χ3n) is 4.90. The molecule has 0 N–H and O–H groups in total. The molecule has 0 aliphatic rings. The summed E-state index contributed by atoms with van der Waals surface area (Å²) in [5.74, 6) is -6.84. The summed E-state index contributed by atoms with van der Waals surface area (Å²) in [7, 11) is 0. The van der Waals surface area contributed by atoms with Crippen LogP contribution in [-0.2, 0) is 5.41 Å². The van der Waals surface area contributed by atoms with E-state index in [-0.39, 0.29) is 12.8 Å². The van der Waals surface area contributed by atoms with E-state index in [9.17, 15) is 26.3 Å². The summed E-state index contributed by atoms with van der Waals surface area (Å²) >= 11 is 1.07. The van der Waals surface area contributed by atoms with Crippen molar-refractivity contribution in [1.82, 2.24) is 0 Å². The molecule has 0 aromatic heterocycles. The molecule has 0 heterocycles. The zero-order valence-corrected chi connectivity index (χ0v) is 17.9. The number of benzene rings is 3. The Balaban J connectivity index is 2.58. The van der Waals surface area contributed by atoms with Gasteiger partial charge in [-0.3, -0.25) is 0 Å². The predicted octanol–water partition coefficient (Wildman–Crippen LogP) is 6.22. The number of rotatable bonds is 6. The van der Waals surface area contributed by atoms with E-state index in [2.05, 4.69) is 0 Å². The second-order valence-corrected chi connectivity index (χ2v) is 7.98. The van der Waals surface area contributed by atoms with Gasteiger partial charge in [-0.2, -0.15) is 0 Å². The Kier molecular flexibility index (Phi) is 6.61. The molecule has 0 aliphatic heterocycles. The third-order valence-corrected chi connectivity index (χ3v) is 5.91. The molecule has 149 valence electrons. The molecule has 3 radical (unpaired) electrons. The Morgan fingerprint density at radius 2 is 0.828 bits per heavy atom. The van der Waals surface area contributed by atoms with E-state index in [1.54, 1.807) is 0 Å². The predicted molar refractivity (Wildman–Crippen MR) is 98.8 cm³/mol. The molecule has 3 aromatic rings. The van der Waals surface area contributed by atoms with Crippen LogP contribution in [0.5, 0.6) is 0 Å². The van der Waals surface area contributed by atoms with Crippen molar-refractivity contribution in [3.8, 4) is 0 Å². The van der Waals surface area contributed by atoms with Crippen molar-refractivity contribution < 1.29 is 26.3 Å². The van der Waals surface area contributed by atoms with Gasteiger partial charge in [0.15, 0.2) is 0 Å². The van der Waals surface area contributed by atoms with Gasteiger partial charge in [0.05, 0.1) is 0 Å². The van der Waals surface area contributed by atoms with Gasteiger partial charge in [-0.05, 0) is 0 Å². The second kappa shape index (κ2) is 8.81. The van der Waals surface area contributed by atoms with Gasteiger partial charge >= 0.3 is 178 Å². The van der Waals surface area contributed by atoms with Crippen molar-refractivity contribution >= 4 is 22.5 Å². The van der Waals surface area contributed by atoms with Crippen LogP contribution < -0.4 is 0 Å². The fourth-order valence-electron chi connectivity index (χ4n) is 3.82. The maximum absolute atomic E-state index is 14.9. The van der Waals surface area contributed by atoms with Crippen LogP contribution in [0.4, 0.5) is 26.3 Å². The summed E-state index contributed by atoms with van der Waals surface area (Å²) in [5.41, 5.74) is -4.71. The average molecular weight is 512 g/mol. The topological polar surface area (TPSA) is 0 Å². The molecule has 0 fully saturated rings. The van der Waals surface area contributed by atoms with Crippen LogP contribution in [0.3, 0.4) is 0 Å². The van der Waals surface area contributed by atoms with Crippen LogP contribution in [0, 0.1) is 34.9 Å². The van der Waals surface area contributed by atoms with Crippen LogP contribution in [0.25, 0.3) is 0 Å². The van der Waals surface area contributed by atoms with E-state index in [4.69, 9.17) is 0 Å². The van der Waals surface area contributed by atoms with Gasteiger partial charge in [0.1, 0.15) is 0 Å². The number of hydrogen-bond donors (Lipinski definition) is 0. The molecular weight excluding hydrogens is 497 g/mol. The Bertz CT molecular complexity index is 848. The second-order valence-electron chi connectivity index (χ2n) is 6.55. The Morgan fingerprint density at radius 3 is 1.07 bits per heavy atom. The van der Waals surface area contributed by atoms with Gasteiger partial charge in [0.2, 0.25) is 0 Å². The standard InChI is InChI=1S/C22H15F6.Sn/c1-2-12-22(19-13(23)6-3-7-14(19)24,20-15(25)8-4-9-16(20)26)21-17(27)10-5-11-18(21)28;/h3-11H,1-2,12H2;. The van der Waals surface area contributed by atoms with Gasteiger partial charge in [0, 0.05) is 0 Å². The first-order valence-electron chi connectivity index (χ1n) is 8.82. The fourth-order valence-corrected chi connectivity index (χ4v) is 4.32. The summed E-state index contributed by atoms with van der Waals surface area (Å²) < 4.78 is 90.2. The van der Waals surface area contributed by atoms with E-state index in [0.717, 1.165) is 77.1 Å². The van der Waals surface area contributed by atoms with E-state index in [1.165, 1.54) is 0 Å². The van der Waals surface area contributed by atoms with Crippen LogP contribution >= 0.6 is 0 Å². The van der Waals surface area contributed by atoms with Gasteiger partial charge in [0.25, 0.3) is 0 Å². The van der Waals surface area contributed by atoms with Crippen molar-refractivity contribution in [2.45, 2.75) is 22.7 Å². The first-order valence-corrected chi connectivity index (χ1v) is 10.8. The molecule has 0 amide bonds. The molecule has 0 unspecified atom stereocenters. The quantitative estimate of drug-likeness (QED) is 0.209. The number of hydrogen-bond acceptors (Lipinski definition) is 0. The third kappa shape index (κ3) is 3.79. The summed E-state index contributed by atoms with van der Waals surface area (Å²) in [4.78, 5) is 0. The first kappa shape index (κ1) is 21.7. The minimum absolute atomic E-state index is 0.244. The van der Waals surface area contributed by atoms with Crippen LogP contribution in [0.1, 0.15) is 29.5 Å². The molecule has 0 spiro atoms. The van der Waals surface area contributed by atoms with Gasteiger partial charge in [-0.25, -0.2) is 0 Å². The Hall–Kier alpha value is -1.96. The minimum atomic E-state index is -2.36. The number of halogens is 6.